The first-order valence-corrected chi connectivity index (χ1v) is 15.0. The number of carbonyl (C=O) groups excluding carboxylic acids is 2. The van der Waals surface area contributed by atoms with E-state index >= 15 is 0 Å². The Morgan fingerprint density at radius 3 is 2.42 bits per heavy atom. The second-order valence-electron chi connectivity index (χ2n) is 9.40. The first kappa shape index (κ1) is 29.5. The Labute approximate surface area is 229 Å². The minimum absolute atomic E-state index is 0.0462. The van der Waals surface area contributed by atoms with Gasteiger partial charge in [0.2, 0.25) is 5.91 Å². The van der Waals surface area contributed by atoms with Crippen LogP contribution in [-0.2, 0) is 19.6 Å². The number of benzene rings is 1. The van der Waals surface area contributed by atoms with Crippen molar-refractivity contribution in [3.8, 4) is 5.69 Å². The van der Waals surface area contributed by atoms with Gasteiger partial charge >= 0.3 is 11.8 Å². The minimum Gasteiger partial charge on any atom is -0.444 e. The third-order valence-electron chi connectivity index (χ3n) is 5.07. The predicted octanol–water partition coefficient (Wildman–Crippen LogP) is 4.11. The van der Waals surface area contributed by atoms with Crippen molar-refractivity contribution in [2.45, 2.75) is 62.7 Å². The third kappa shape index (κ3) is 7.48. The molecule has 2 heterocycles. The number of nitrogens with one attached hydrogen (secondary N) is 3. The number of sulfonamides is 1. The first-order valence-electron chi connectivity index (χ1n) is 11.7. The van der Waals surface area contributed by atoms with Crippen LogP contribution < -0.4 is 21.0 Å². The van der Waals surface area contributed by atoms with Gasteiger partial charge in [0.25, 0.3) is 10.0 Å². The molecule has 38 heavy (non-hydrogen) atoms. The molecule has 3 N–H and O–H groups in total. The van der Waals surface area contributed by atoms with Crippen LogP contribution in [0.25, 0.3) is 5.69 Å². The summed E-state index contributed by atoms with van der Waals surface area (Å²) in [6.07, 6.45) is 0.128. The number of ether oxygens (including phenoxy) is 1. The maximum absolute atomic E-state index is 13.1. The lowest BCUT2D eigenvalue weighted by Gasteiger charge is -2.19. The van der Waals surface area contributed by atoms with E-state index in [-0.39, 0.29) is 16.6 Å². The number of imidazole rings is 1. The molecular weight excluding hydrogens is 550 g/mol. The van der Waals surface area contributed by atoms with Crippen molar-refractivity contribution in [2.24, 2.45) is 0 Å². The van der Waals surface area contributed by atoms with Crippen LogP contribution in [0.5, 0.6) is 0 Å². The number of aryl methyl sites for hydroxylation is 1. The molecule has 0 saturated heterocycles. The van der Waals surface area contributed by atoms with E-state index < -0.39 is 27.4 Å². The summed E-state index contributed by atoms with van der Waals surface area (Å²) in [4.78, 5) is 40.7. The lowest BCUT2D eigenvalue weighted by Crippen LogP contribution is -2.33. The second-order valence-corrected chi connectivity index (χ2v) is 13.7. The monoisotopic (exact) mass is 581 g/mol. The lowest BCUT2D eigenvalue weighted by molar-refractivity contribution is -0.114. The van der Waals surface area contributed by atoms with Crippen LogP contribution in [-0.4, -0.2) is 47.9 Å². The Balaban J connectivity index is 1.80. The standard InChI is InChI=1S/C24H31N5O6S3/c1-14-15(2)37-21(36-13-7-12-25-23(32)35-24(4,5)6)19-20(27-22(31)29(14)19)28-38(33,34)18-10-8-17(9-11-18)26-16(3)30/h8-11H,7,12-13H2,1-6H3,(H,25,32)(H,26,30)(H,27,28,31). The summed E-state index contributed by atoms with van der Waals surface area (Å²) < 4.78 is 36.0. The molecule has 0 saturated carbocycles. The van der Waals surface area contributed by atoms with Crippen LogP contribution in [0.1, 0.15) is 44.7 Å². The van der Waals surface area contributed by atoms with Gasteiger partial charge in [-0.2, -0.15) is 4.98 Å². The molecule has 2 aliphatic rings. The van der Waals surface area contributed by atoms with Gasteiger partial charge in [-0.25, -0.2) is 18.0 Å². The van der Waals surface area contributed by atoms with Crippen LogP contribution in [0.4, 0.5) is 16.3 Å². The average Bonchev–Trinajstić information content (AvgIpc) is 3.10. The summed E-state index contributed by atoms with van der Waals surface area (Å²) in [5.41, 5.74) is 0.343. The zero-order valence-electron chi connectivity index (χ0n) is 22.0. The molecule has 0 unspecified atom stereocenters. The number of fused-ring (bicyclic) bond motifs is 1. The fourth-order valence-corrected chi connectivity index (χ4v) is 6.81. The van der Waals surface area contributed by atoms with Gasteiger partial charge in [0.05, 0.1) is 9.10 Å². The second kappa shape index (κ2) is 11.7. The van der Waals surface area contributed by atoms with Gasteiger partial charge in [-0.15, -0.1) is 23.1 Å². The van der Waals surface area contributed by atoms with Crippen LogP contribution >= 0.6 is 23.1 Å². The quantitative estimate of drug-likeness (QED) is 0.253. The fourth-order valence-electron chi connectivity index (χ4n) is 3.34. The summed E-state index contributed by atoms with van der Waals surface area (Å²) in [6, 6.07) is 5.66. The molecule has 1 aromatic carbocycles. The van der Waals surface area contributed by atoms with E-state index in [0.717, 1.165) is 9.09 Å². The molecule has 0 bridgehead atoms. The molecule has 206 valence electrons. The average molecular weight is 582 g/mol. The Bertz CT molecular complexity index is 1460. The molecule has 3 rings (SSSR count). The van der Waals surface area contributed by atoms with Gasteiger partial charge < -0.3 is 15.4 Å². The molecular formula is C24H31N5O6S3. The zero-order valence-corrected chi connectivity index (χ0v) is 24.4. The molecule has 1 aromatic rings. The smallest absolute Gasteiger partial charge is 0.407 e. The van der Waals surface area contributed by atoms with E-state index in [1.165, 1.54) is 58.9 Å². The van der Waals surface area contributed by atoms with Crippen LogP contribution in [0.15, 0.2) is 38.2 Å². The molecule has 2 aliphatic heterocycles. The summed E-state index contributed by atoms with van der Waals surface area (Å²) >= 11 is 2.88. The topological polar surface area (TPSA) is 148 Å². The summed E-state index contributed by atoms with van der Waals surface area (Å²) in [5, 5.41) is 5.29. The van der Waals surface area contributed by atoms with Gasteiger partial charge in [0, 0.05) is 35.5 Å². The molecule has 0 aromatic heterocycles. The van der Waals surface area contributed by atoms with Gasteiger partial charge in [-0.05, 0) is 65.3 Å². The zero-order chi connectivity index (χ0) is 28.3. The van der Waals surface area contributed by atoms with E-state index in [1.54, 1.807) is 27.7 Å². The van der Waals surface area contributed by atoms with Gasteiger partial charge in [-0.3, -0.25) is 14.1 Å². The van der Waals surface area contributed by atoms with Crippen molar-refractivity contribution in [2.75, 3.05) is 22.3 Å². The number of rotatable bonds is 9. The number of carbonyl (C=O) groups is 2. The van der Waals surface area contributed by atoms with E-state index in [0.29, 0.717) is 35.8 Å². The number of hydrogen-bond donors (Lipinski definition) is 3. The van der Waals surface area contributed by atoms with Crippen molar-refractivity contribution in [1.82, 2.24) is 14.9 Å². The van der Waals surface area contributed by atoms with Crippen molar-refractivity contribution in [3.05, 3.63) is 45.3 Å². The first-order chi connectivity index (χ1) is 17.7. The van der Waals surface area contributed by atoms with E-state index in [9.17, 15) is 22.8 Å². The summed E-state index contributed by atoms with van der Waals surface area (Å²) in [6.45, 7) is 10.8. The van der Waals surface area contributed by atoms with Crippen LogP contribution in [0.2, 0.25) is 0 Å². The number of anilines is 2. The Morgan fingerprint density at radius 2 is 1.82 bits per heavy atom. The number of hydrogen-bond acceptors (Lipinski definition) is 9. The lowest BCUT2D eigenvalue weighted by atomic mass is 10.2. The number of alkyl carbamates (subject to hydrolysis) is 1. The van der Waals surface area contributed by atoms with E-state index in [4.69, 9.17) is 4.74 Å². The number of thioether (sulfide) groups is 1. The molecule has 0 fully saturated rings. The third-order valence-corrected chi connectivity index (χ3v) is 8.96. The van der Waals surface area contributed by atoms with E-state index in [2.05, 4.69) is 20.3 Å². The summed E-state index contributed by atoms with van der Waals surface area (Å²) in [7, 11) is -4.07. The highest BCUT2D eigenvalue weighted by Gasteiger charge is 2.27. The molecule has 11 nitrogen and oxygen atoms in total. The van der Waals surface area contributed by atoms with Crippen LogP contribution in [0, 0.1) is 13.8 Å². The molecule has 0 atom stereocenters. The highest BCUT2D eigenvalue weighted by atomic mass is 32.2. The van der Waals surface area contributed by atoms with Crippen molar-refractivity contribution >= 4 is 56.6 Å². The fraction of sp³-hybridized carbons (Fsp3) is 0.417. The number of aromatic nitrogens is 2. The Morgan fingerprint density at radius 1 is 1.16 bits per heavy atom. The number of nitrogens with zero attached hydrogens (tertiary/aromatic N) is 2. The highest BCUT2D eigenvalue weighted by Crippen LogP contribution is 2.38. The summed E-state index contributed by atoms with van der Waals surface area (Å²) in [5.74, 6) is 0.263. The Hall–Kier alpha value is -3.10. The SMILES string of the molecule is CC(=O)Nc1ccc(S(=O)(=O)Nc2nc(=O)n3c(C)c(C)sc(SCCCNC(=O)OC(C)(C)C)c2-3)cc1. The largest absolute Gasteiger partial charge is 0.444 e. The van der Waals surface area contributed by atoms with Gasteiger partial charge in [0.15, 0.2) is 5.82 Å². The van der Waals surface area contributed by atoms with Crippen LogP contribution in [0.3, 0.4) is 0 Å². The molecule has 14 heteroatoms. The molecule has 2 amide bonds. The van der Waals surface area contributed by atoms with Crippen molar-refractivity contribution in [1.29, 1.82) is 0 Å². The normalized spacial score (nSPS) is 11.8. The Kier molecular flexibility index (Phi) is 9.10. The number of amides is 2. The maximum Gasteiger partial charge on any atom is 0.407 e. The van der Waals surface area contributed by atoms with E-state index in [1.807, 2.05) is 6.92 Å². The van der Waals surface area contributed by atoms with Gasteiger partial charge in [-0.1, -0.05) is 0 Å². The predicted molar refractivity (Wildman–Crippen MR) is 150 cm³/mol. The van der Waals surface area contributed by atoms with Crippen molar-refractivity contribution < 1.29 is 22.7 Å². The molecule has 0 spiro atoms. The van der Waals surface area contributed by atoms with Gasteiger partial charge in [0.1, 0.15) is 11.3 Å². The molecule has 0 aliphatic carbocycles. The minimum atomic E-state index is -4.07. The molecule has 0 radical (unpaired) electrons. The van der Waals surface area contributed by atoms with Crippen molar-refractivity contribution in [3.63, 3.8) is 0 Å². The maximum atomic E-state index is 13.1. The highest BCUT2D eigenvalue weighted by molar-refractivity contribution is 8.01.